The van der Waals surface area contributed by atoms with E-state index < -0.39 is 35.2 Å². The standard InChI is InChI=1S/C19H24N4O6/c1-5-28-16-12(7-6-8-21-16)18(26)29-10-13(24)14-15(20)23(9-11(2)3)19(27)22(4)17(14)25/h6-8,11H,5,9-10,20H2,1-4H3. The molecule has 10 heteroatoms. The van der Waals surface area contributed by atoms with E-state index in [4.69, 9.17) is 15.2 Å². The number of Topliss-reactive ketones (excluding diaryl/α,β-unsaturated/α-hetero) is 1. The normalized spacial score (nSPS) is 10.8. The summed E-state index contributed by atoms with van der Waals surface area (Å²) in [6, 6.07) is 2.97. The Hall–Kier alpha value is -3.43. The molecule has 2 aromatic heterocycles. The first kappa shape index (κ1) is 21.9. The molecule has 0 fully saturated rings. The summed E-state index contributed by atoms with van der Waals surface area (Å²) in [6.45, 7) is 5.26. The van der Waals surface area contributed by atoms with Crippen LogP contribution >= 0.6 is 0 Å². The summed E-state index contributed by atoms with van der Waals surface area (Å²) in [5.41, 5.74) is 4.14. The van der Waals surface area contributed by atoms with Gasteiger partial charge >= 0.3 is 11.7 Å². The van der Waals surface area contributed by atoms with Crippen LogP contribution in [0.5, 0.6) is 5.88 Å². The van der Waals surface area contributed by atoms with Crippen molar-refractivity contribution in [2.24, 2.45) is 13.0 Å². The molecule has 0 saturated carbocycles. The van der Waals surface area contributed by atoms with E-state index >= 15 is 0 Å². The molecule has 2 rings (SSSR count). The van der Waals surface area contributed by atoms with Crippen molar-refractivity contribution in [2.45, 2.75) is 27.3 Å². The third-order valence-corrected chi connectivity index (χ3v) is 4.02. The number of hydrogen-bond acceptors (Lipinski definition) is 8. The molecule has 2 N–H and O–H groups in total. The van der Waals surface area contributed by atoms with Crippen LogP contribution in [0.3, 0.4) is 0 Å². The summed E-state index contributed by atoms with van der Waals surface area (Å²) >= 11 is 0. The van der Waals surface area contributed by atoms with Gasteiger partial charge in [0.2, 0.25) is 11.7 Å². The molecule has 2 aromatic rings. The van der Waals surface area contributed by atoms with Crippen LogP contribution in [0.4, 0.5) is 5.82 Å². The van der Waals surface area contributed by atoms with Crippen LogP contribution in [0.1, 0.15) is 41.5 Å². The molecule has 0 aliphatic carbocycles. The number of esters is 1. The number of carbonyl (C=O) groups excluding carboxylic acids is 2. The van der Waals surface area contributed by atoms with E-state index in [1.165, 1.54) is 25.4 Å². The van der Waals surface area contributed by atoms with Crippen molar-refractivity contribution in [3.05, 3.63) is 50.3 Å². The fourth-order valence-corrected chi connectivity index (χ4v) is 2.67. The van der Waals surface area contributed by atoms with E-state index in [0.717, 1.165) is 9.13 Å². The lowest BCUT2D eigenvalue weighted by molar-refractivity contribution is 0.0469. The molecule has 0 bridgehead atoms. The third kappa shape index (κ3) is 4.71. The number of nitrogens with zero attached hydrogens (tertiary/aromatic N) is 3. The van der Waals surface area contributed by atoms with E-state index in [0.29, 0.717) is 6.61 Å². The number of ether oxygens (including phenoxy) is 2. The number of carbonyl (C=O) groups is 2. The summed E-state index contributed by atoms with van der Waals surface area (Å²) in [7, 11) is 1.26. The van der Waals surface area contributed by atoms with Gasteiger partial charge in [0.15, 0.2) is 6.61 Å². The molecular formula is C19H24N4O6. The zero-order valence-electron chi connectivity index (χ0n) is 16.8. The predicted molar refractivity (Wildman–Crippen MR) is 105 cm³/mol. The Morgan fingerprint density at radius 1 is 1.28 bits per heavy atom. The van der Waals surface area contributed by atoms with Crippen molar-refractivity contribution < 1.29 is 19.1 Å². The maximum Gasteiger partial charge on any atom is 0.344 e. The number of nitrogens with two attached hydrogens (primary N) is 1. The van der Waals surface area contributed by atoms with Crippen molar-refractivity contribution in [1.29, 1.82) is 0 Å². The molecular weight excluding hydrogens is 380 g/mol. The zero-order valence-corrected chi connectivity index (χ0v) is 16.8. The highest BCUT2D eigenvalue weighted by Crippen LogP contribution is 2.16. The molecule has 0 unspecified atom stereocenters. The Balaban J connectivity index is 2.30. The molecule has 0 saturated heterocycles. The fourth-order valence-electron chi connectivity index (χ4n) is 2.67. The van der Waals surface area contributed by atoms with Gasteiger partial charge < -0.3 is 15.2 Å². The van der Waals surface area contributed by atoms with E-state index in [-0.39, 0.29) is 29.7 Å². The second-order valence-corrected chi connectivity index (χ2v) is 6.70. The summed E-state index contributed by atoms with van der Waals surface area (Å²) in [6.07, 6.45) is 1.45. The van der Waals surface area contributed by atoms with Gasteiger partial charge in [0.25, 0.3) is 5.56 Å². The van der Waals surface area contributed by atoms with Crippen molar-refractivity contribution in [3.63, 3.8) is 0 Å². The summed E-state index contributed by atoms with van der Waals surface area (Å²) in [5, 5.41) is 0. The minimum absolute atomic E-state index is 0.0489. The Kier molecular flexibility index (Phi) is 6.92. The van der Waals surface area contributed by atoms with Gasteiger partial charge in [-0.2, -0.15) is 0 Å². The minimum Gasteiger partial charge on any atom is -0.477 e. The average Bonchev–Trinajstić information content (AvgIpc) is 2.68. The van der Waals surface area contributed by atoms with E-state index in [2.05, 4.69) is 4.98 Å². The first-order chi connectivity index (χ1) is 13.7. The van der Waals surface area contributed by atoms with E-state index in [9.17, 15) is 19.2 Å². The second kappa shape index (κ2) is 9.18. The number of ketones is 1. The molecule has 0 amide bonds. The fraction of sp³-hybridized carbons (Fsp3) is 0.421. The van der Waals surface area contributed by atoms with Gasteiger partial charge in [-0.1, -0.05) is 13.8 Å². The Morgan fingerprint density at radius 2 is 1.97 bits per heavy atom. The maximum atomic E-state index is 12.6. The summed E-state index contributed by atoms with van der Waals surface area (Å²) in [4.78, 5) is 53.6. The predicted octanol–water partition coefficient (Wildman–Crippen LogP) is 0.619. The molecule has 0 aliphatic rings. The van der Waals surface area contributed by atoms with Crippen LogP contribution in [0, 0.1) is 5.92 Å². The Morgan fingerprint density at radius 3 is 2.59 bits per heavy atom. The topological polar surface area (TPSA) is 136 Å². The second-order valence-electron chi connectivity index (χ2n) is 6.70. The SMILES string of the molecule is CCOc1ncccc1C(=O)OCC(=O)c1c(N)n(CC(C)C)c(=O)n(C)c1=O. The van der Waals surface area contributed by atoms with Crippen LogP contribution in [0.15, 0.2) is 27.9 Å². The van der Waals surface area contributed by atoms with Gasteiger partial charge in [-0.25, -0.2) is 14.6 Å². The minimum atomic E-state index is -0.843. The molecule has 2 heterocycles. The number of hydrogen-bond donors (Lipinski definition) is 1. The van der Waals surface area contributed by atoms with Crippen molar-refractivity contribution in [2.75, 3.05) is 18.9 Å². The first-order valence-corrected chi connectivity index (χ1v) is 9.06. The monoisotopic (exact) mass is 404 g/mol. The highest BCUT2D eigenvalue weighted by atomic mass is 16.5. The Labute approximate surface area is 166 Å². The largest absolute Gasteiger partial charge is 0.477 e. The summed E-state index contributed by atoms with van der Waals surface area (Å²) in [5.74, 6) is -1.76. The molecule has 0 radical (unpaired) electrons. The highest BCUT2D eigenvalue weighted by Gasteiger charge is 2.24. The molecule has 0 aromatic carbocycles. The van der Waals surface area contributed by atoms with Gasteiger partial charge in [-0.3, -0.25) is 18.7 Å². The smallest absolute Gasteiger partial charge is 0.344 e. The molecule has 0 aliphatic heterocycles. The van der Waals surface area contributed by atoms with Gasteiger partial charge in [0.05, 0.1) is 6.61 Å². The lowest BCUT2D eigenvalue weighted by atomic mass is 10.1. The number of pyridine rings is 1. The van der Waals surface area contributed by atoms with Gasteiger partial charge in [-0.15, -0.1) is 0 Å². The number of anilines is 1. The van der Waals surface area contributed by atoms with Crippen molar-refractivity contribution >= 4 is 17.6 Å². The lowest BCUT2D eigenvalue weighted by Gasteiger charge is -2.16. The highest BCUT2D eigenvalue weighted by molar-refractivity contribution is 6.02. The zero-order chi connectivity index (χ0) is 21.7. The molecule has 0 spiro atoms. The number of aromatic nitrogens is 3. The van der Waals surface area contributed by atoms with Crippen LogP contribution in [-0.2, 0) is 18.3 Å². The molecule has 0 atom stereocenters. The van der Waals surface area contributed by atoms with E-state index in [1.54, 1.807) is 6.92 Å². The summed E-state index contributed by atoms with van der Waals surface area (Å²) < 4.78 is 12.3. The van der Waals surface area contributed by atoms with Crippen molar-refractivity contribution in [1.82, 2.24) is 14.1 Å². The Bertz CT molecular complexity index is 1040. The van der Waals surface area contributed by atoms with E-state index in [1.807, 2.05) is 13.8 Å². The van der Waals surface area contributed by atoms with Crippen LogP contribution in [0.2, 0.25) is 0 Å². The number of nitrogen functional groups attached to an aromatic ring is 1. The molecule has 156 valence electrons. The first-order valence-electron chi connectivity index (χ1n) is 9.06. The lowest BCUT2D eigenvalue weighted by Crippen LogP contribution is -2.43. The molecule has 29 heavy (non-hydrogen) atoms. The quantitative estimate of drug-likeness (QED) is 0.499. The molecule has 10 nitrogen and oxygen atoms in total. The van der Waals surface area contributed by atoms with Gasteiger partial charge in [-0.05, 0) is 25.0 Å². The number of rotatable bonds is 8. The van der Waals surface area contributed by atoms with Crippen LogP contribution < -0.4 is 21.7 Å². The average molecular weight is 404 g/mol. The third-order valence-electron chi connectivity index (χ3n) is 4.02. The van der Waals surface area contributed by atoms with Crippen LogP contribution in [-0.4, -0.2) is 39.1 Å². The van der Waals surface area contributed by atoms with Crippen LogP contribution in [0.25, 0.3) is 0 Å². The van der Waals surface area contributed by atoms with Crippen molar-refractivity contribution in [3.8, 4) is 5.88 Å². The van der Waals surface area contributed by atoms with Gasteiger partial charge in [0, 0.05) is 19.8 Å². The maximum absolute atomic E-state index is 12.6. The van der Waals surface area contributed by atoms with Gasteiger partial charge in [0.1, 0.15) is 16.9 Å².